The highest BCUT2D eigenvalue weighted by Gasteiger charge is 2.16. The van der Waals surface area contributed by atoms with E-state index in [1.165, 1.54) is 0 Å². The van der Waals surface area contributed by atoms with E-state index in [-0.39, 0.29) is 6.61 Å². The number of nitrogens with two attached hydrogens (primary N) is 2. The second kappa shape index (κ2) is 8.21. The molecule has 0 aliphatic rings. The van der Waals surface area contributed by atoms with E-state index in [0.29, 0.717) is 11.6 Å². The normalized spacial score (nSPS) is 10.5. The van der Waals surface area contributed by atoms with Gasteiger partial charge in [-0.1, -0.05) is 28.1 Å². The van der Waals surface area contributed by atoms with Crippen LogP contribution in [0, 0.1) is 6.92 Å². The van der Waals surface area contributed by atoms with E-state index in [9.17, 15) is 4.79 Å². The Morgan fingerprint density at radius 1 is 1.26 bits per heavy atom. The smallest absolute Gasteiger partial charge is 0.350 e. The van der Waals surface area contributed by atoms with Gasteiger partial charge in [-0.3, -0.25) is 5.43 Å². The Balaban J connectivity index is 1.77. The SMILES string of the molecule is Cc1cccc(N(N)C(=O)NN)c1COc1ccn(-c2ccc(Br)cc2)n1. The van der Waals surface area contributed by atoms with Crippen LogP contribution in [0.4, 0.5) is 10.5 Å². The van der Waals surface area contributed by atoms with Gasteiger partial charge in [0.2, 0.25) is 5.88 Å². The topological polar surface area (TPSA) is 111 Å². The summed E-state index contributed by atoms with van der Waals surface area (Å²) in [6.07, 6.45) is 1.81. The number of ether oxygens (including phenoxy) is 1. The van der Waals surface area contributed by atoms with Crippen molar-refractivity contribution in [1.29, 1.82) is 0 Å². The number of anilines is 1. The molecule has 3 rings (SSSR count). The Hall–Kier alpha value is -2.88. The molecule has 27 heavy (non-hydrogen) atoms. The van der Waals surface area contributed by atoms with Gasteiger partial charge in [-0.05, 0) is 42.8 Å². The minimum atomic E-state index is -0.624. The molecule has 0 saturated carbocycles. The quantitative estimate of drug-likeness (QED) is 0.327. The number of benzene rings is 2. The number of urea groups is 1. The molecule has 1 aromatic heterocycles. The minimum absolute atomic E-state index is 0.199. The number of carbonyl (C=O) groups excluding carboxylic acids is 1. The van der Waals surface area contributed by atoms with Crippen molar-refractivity contribution in [3.8, 4) is 11.6 Å². The van der Waals surface area contributed by atoms with Gasteiger partial charge in [-0.15, -0.1) is 5.10 Å². The van der Waals surface area contributed by atoms with Crippen LogP contribution in [0.2, 0.25) is 0 Å². The molecule has 0 radical (unpaired) electrons. The average Bonchev–Trinajstić information content (AvgIpc) is 3.15. The maximum atomic E-state index is 11.7. The number of nitrogens with zero attached hydrogens (tertiary/aromatic N) is 3. The second-order valence-corrected chi connectivity index (χ2v) is 6.67. The molecule has 5 N–H and O–H groups in total. The van der Waals surface area contributed by atoms with Crippen LogP contribution in [0.5, 0.6) is 5.88 Å². The third kappa shape index (κ3) is 4.27. The fourth-order valence-corrected chi connectivity index (χ4v) is 2.81. The van der Waals surface area contributed by atoms with E-state index in [2.05, 4.69) is 21.0 Å². The lowest BCUT2D eigenvalue weighted by Crippen LogP contribution is -2.48. The number of rotatable bonds is 5. The number of aromatic nitrogens is 2. The zero-order valence-electron chi connectivity index (χ0n) is 14.6. The Morgan fingerprint density at radius 3 is 2.70 bits per heavy atom. The lowest BCUT2D eigenvalue weighted by Gasteiger charge is -2.20. The predicted octanol–water partition coefficient (Wildman–Crippen LogP) is 2.79. The van der Waals surface area contributed by atoms with E-state index in [4.69, 9.17) is 16.4 Å². The summed E-state index contributed by atoms with van der Waals surface area (Å²) in [4.78, 5) is 11.7. The minimum Gasteiger partial charge on any atom is -0.472 e. The first-order valence-electron chi connectivity index (χ1n) is 8.08. The van der Waals surface area contributed by atoms with Gasteiger partial charge >= 0.3 is 6.03 Å². The van der Waals surface area contributed by atoms with Crippen LogP contribution < -0.4 is 26.9 Å². The lowest BCUT2D eigenvalue weighted by atomic mass is 10.1. The van der Waals surface area contributed by atoms with Crippen LogP contribution in [0.15, 0.2) is 59.2 Å². The van der Waals surface area contributed by atoms with Gasteiger partial charge in [0, 0.05) is 22.3 Å². The summed E-state index contributed by atoms with van der Waals surface area (Å²) >= 11 is 3.41. The van der Waals surface area contributed by atoms with Gasteiger partial charge in [0.25, 0.3) is 0 Å². The van der Waals surface area contributed by atoms with Crippen LogP contribution in [0.1, 0.15) is 11.1 Å². The van der Waals surface area contributed by atoms with Gasteiger partial charge in [-0.2, -0.15) is 0 Å². The van der Waals surface area contributed by atoms with Gasteiger partial charge in [0.15, 0.2) is 0 Å². The molecule has 0 spiro atoms. The lowest BCUT2D eigenvalue weighted by molar-refractivity contribution is 0.246. The Morgan fingerprint density at radius 2 is 2.00 bits per heavy atom. The fourth-order valence-electron chi connectivity index (χ4n) is 2.55. The number of amides is 2. The maximum Gasteiger partial charge on any atom is 0.350 e. The number of halogens is 1. The monoisotopic (exact) mass is 430 g/mol. The van der Waals surface area contributed by atoms with Crippen molar-refractivity contribution in [3.05, 3.63) is 70.3 Å². The van der Waals surface area contributed by atoms with Crippen molar-refractivity contribution < 1.29 is 9.53 Å². The number of aryl methyl sites for hydroxylation is 1. The van der Waals surface area contributed by atoms with Crippen LogP contribution in [0.25, 0.3) is 5.69 Å². The molecule has 9 heteroatoms. The predicted molar refractivity (Wildman–Crippen MR) is 106 cm³/mol. The first-order valence-corrected chi connectivity index (χ1v) is 8.87. The van der Waals surface area contributed by atoms with E-state index >= 15 is 0 Å². The molecule has 2 amide bonds. The molecule has 0 aliphatic carbocycles. The number of carbonyl (C=O) groups is 1. The van der Waals surface area contributed by atoms with Gasteiger partial charge < -0.3 is 4.74 Å². The first kappa shape index (κ1) is 18.9. The Kier molecular flexibility index (Phi) is 5.75. The summed E-state index contributed by atoms with van der Waals surface area (Å²) in [7, 11) is 0. The van der Waals surface area contributed by atoms with Gasteiger partial charge in [0.05, 0.1) is 11.4 Å². The molecule has 0 unspecified atom stereocenters. The highest BCUT2D eigenvalue weighted by atomic mass is 79.9. The third-order valence-corrected chi connectivity index (χ3v) is 4.54. The van der Waals surface area contributed by atoms with Crippen molar-refractivity contribution >= 4 is 27.6 Å². The van der Waals surface area contributed by atoms with Crippen LogP contribution >= 0.6 is 15.9 Å². The van der Waals surface area contributed by atoms with Crippen molar-refractivity contribution in [3.63, 3.8) is 0 Å². The Labute approximate surface area is 164 Å². The molecule has 0 fully saturated rings. The molecule has 1 heterocycles. The molecule has 0 atom stereocenters. The number of hydrogen-bond acceptors (Lipinski definition) is 5. The molecule has 0 bridgehead atoms. The summed E-state index contributed by atoms with van der Waals surface area (Å²) in [6.45, 7) is 2.11. The maximum absolute atomic E-state index is 11.7. The van der Waals surface area contributed by atoms with Gasteiger partial charge in [0.1, 0.15) is 6.61 Å². The standard InChI is InChI=1S/C18H19BrN6O2/c1-12-3-2-4-16(25(21)18(26)22-20)15(12)11-27-17-9-10-24(23-17)14-7-5-13(19)6-8-14/h2-10H,11,20-21H2,1H3,(H,22,26). The third-order valence-electron chi connectivity index (χ3n) is 4.01. The summed E-state index contributed by atoms with van der Waals surface area (Å²) in [6, 6.07) is 14.4. The summed E-state index contributed by atoms with van der Waals surface area (Å²) in [5, 5.41) is 5.37. The van der Waals surface area contributed by atoms with E-state index in [0.717, 1.165) is 26.3 Å². The summed E-state index contributed by atoms with van der Waals surface area (Å²) < 4.78 is 8.53. The molecule has 8 nitrogen and oxygen atoms in total. The molecular formula is C18H19BrN6O2. The highest BCUT2D eigenvalue weighted by molar-refractivity contribution is 9.10. The van der Waals surface area contributed by atoms with Crippen LogP contribution in [-0.4, -0.2) is 15.8 Å². The van der Waals surface area contributed by atoms with Crippen LogP contribution in [0.3, 0.4) is 0 Å². The van der Waals surface area contributed by atoms with Crippen LogP contribution in [-0.2, 0) is 6.61 Å². The van der Waals surface area contributed by atoms with Crippen molar-refractivity contribution in [2.24, 2.45) is 11.7 Å². The van der Waals surface area contributed by atoms with E-state index in [1.54, 1.807) is 22.9 Å². The number of hydrogen-bond donors (Lipinski definition) is 3. The summed E-state index contributed by atoms with van der Waals surface area (Å²) in [5.74, 6) is 11.5. The largest absolute Gasteiger partial charge is 0.472 e. The van der Waals surface area contributed by atoms with Gasteiger partial charge in [-0.25, -0.2) is 26.2 Å². The molecule has 0 aliphatic heterocycles. The molecule has 3 aromatic rings. The average molecular weight is 431 g/mol. The summed E-state index contributed by atoms with van der Waals surface area (Å²) in [5.41, 5.74) is 5.13. The Bertz CT molecular complexity index is 941. The zero-order valence-corrected chi connectivity index (χ0v) is 16.2. The zero-order chi connectivity index (χ0) is 19.4. The van der Waals surface area contributed by atoms with Crippen molar-refractivity contribution in [2.45, 2.75) is 13.5 Å². The van der Waals surface area contributed by atoms with E-state index in [1.807, 2.05) is 48.9 Å². The number of hydrazine groups is 2. The second-order valence-electron chi connectivity index (χ2n) is 5.76. The molecule has 2 aromatic carbocycles. The molecule has 140 valence electrons. The molecular weight excluding hydrogens is 412 g/mol. The van der Waals surface area contributed by atoms with Crippen molar-refractivity contribution in [1.82, 2.24) is 15.2 Å². The van der Waals surface area contributed by atoms with Crippen molar-refractivity contribution in [2.75, 3.05) is 5.01 Å². The molecule has 0 saturated heterocycles. The first-order chi connectivity index (χ1) is 13.0. The van der Waals surface area contributed by atoms with E-state index < -0.39 is 6.03 Å². The highest BCUT2D eigenvalue weighted by Crippen LogP contribution is 2.24. The number of nitrogens with one attached hydrogen (secondary N) is 1. The fraction of sp³-hybridized carbons (Fsp3) is 0.111.